The van der Waals surface area contributed by atoms with E-state index in [1.807, 2.05) is 6.92 Å². The lowest BCUT2D eigenvalue weighted by Gasteiger charge is -2.26. The smallest absolute Gasteiger partial charge is 0.335 e. The van der Waals surface area contributed by atoms with Crippen LogP contribution in [0.1, 0.15) is 23.6 Å². The van der Waals surface area contributed by atoms with E-state index in [0.717, 1.165) is 16.0 Å². The molecule has 1 aliphatic rings. The van der Waals surface area contributed by atoms with Crippen molar-refractivity contribution in [2.24, 2.45) is 0 Å². The second-order valence-electron chi connectivity index (χ2n) is 8.14. The standard InChI is InChI=1S/C27H23N3O7/c1-3-36-24-15-19(8-13-23(24)37-16-18-6-11-21(12-7-18)30(34)35)14-22-25(31)28-27(33)29(26(22)32)20-9-4-17(2)5-10-20/h4-15H,3,16H2,1-2H3,(H,28,31,33)/b22-14+. The number of benzene rings is 3. The number of barbiturate groups is 1. The molecule has 0 bridgehead atoms. The summed E-state index contributed by atoms with van der Waals surface area (Å²) in [6.45, 7) is 4.16. The molecule has 1 heterocycles. The van der Waals surface area contributed by atoms with Crippen LogP contribution in [-0.4, -0.2) is 29.4 Å². The number of anilines is 1. The Hall–Kier alpha value is -4.99. The lowest BCUT2D eigenvalue weighted by molar-refractivity contribution is -0.384. The molecule has 0 aromatic heterocycles. The fourth-order valence-corrected chi connectivity index (χ4v) is 3.63. The van der Waals surface area contributed by atoms with Crippen molar-refractivity contribution in [3.05, 3.63) is 99.1 Å². The summed E-state index contributed by atoms with van der Waals surface area (Å²) in [5.74, 6) is -0.740. The molecule has 4 amide bonds. The first-order valence-electron chi connectivity index (χ1n) is 11.4. The third-order valence-electron chi connectivity index (χ3n) is 5.51. The summed E-state index contributed by atoms with van der Waals surface area (Å²) in [5, 5.41) is 13.0. The summed E-state index contributed by atoms with van der Waals surface area (Å²) in [6, 6.07) is 16.9. The predicted octanol–water partition coefficient (Wildman–Crippen LogP) is 4.55. The Kier molecular flexibility index (Phi) is 7.28. The monoisotopic (exact) mass is 501 g/mol. The van der Waals surface area contributed by atoms with Crippen LogP contribution in [0.4, 0.5) is 16.2 Å². The van der Waals surface area contributed by atoms with E-state index in [1.54, 1.807) is 61.5 Å². The number of ether oxygens (including phenoxy) is 2. The number of nitrogens with zero attached hydrogens (tertiary/aromatic N) is 2. The van der Waals surface area contributed by atoms with E-state index in [4.69, 9.17) is 9.47 Å². The molecule has 10 heteroatoms. The van der Waals surface area contributed by atoms with Crippen LogP contribution in [0.3, 0.4) is 0 Å². The second kappa shape index (κ2) is 10.7. The molecular formula is C27H23N3O7. The number of carbonyl (C=O) groups is 3. The van der Waals surface area contributed by atoms with Crippen molar-refractivity contribution in [1.82, 2.24) is 5.32 Å². The minimum absolute atomic E-state index is 0.0138. The van der Waals surface area contributed by atoms with Gasteiger partial charge in [-0.1, -0.05) is 23.8 Å². The van der Waals surface area contributed by atoms with E-state index >= 15 is 0 Å². The van der Waals surface area contributed by atoms with Crippen molar-refractivity contribution in [1.29, 1.82) is 0 Å². The molecule has 1 saturated heterocycles. The molecule has 0 aliphatic carbocycles. The lowest BCUT2D eigenvalue weighted by Crippen LogP contribution is -2.54. The fourth-order valence-electron chi connectivity index (χ4n) is 3.63. The van der Waals surface area contributed by atoms with Gasteiger partial charge < -0.3 is 9.47 Å². The van der Waals surface area contributed by atoms with Gasteiger partial charge in [0.15, 0.2) is 11.5 Å². The number of nitro groups is 1. The quantitative estimate of drug-likeness (QED) is 0.208. The maximum Gasteiger partial charge on any atom is 0.335 e. The number of carbonyl (C=O) groups excluding carboxylic acids is 3. The molecule has 37 heavy (non-hydrogen) atoms. The summed E-state index contributed by atoms with van der Waals surface area (Å²) >= 11 is 0. The molecule has 0 radical (unpaired) electrons. The maximum atomic E-state index is 13.1. The Morgan fingerprint density at radius 3 is 2.30 bits per heavy atom. The molecule has 3 aromatic carbocycles. The zero-order valence-electron chi connectivity index (χ0n) is 20.1. The van der Waals surface area contributed by atoms with Crippen molar-refractivity contribution in [3.8, 4) is 11.5 Å². The van der Waals surface area contributed by atoms with Crippen molar-refractivity contribution in [2.45, 2.75) is 20.5 Å². The largest absolute Gasteiger partial charge is 0.490 e. The summed E-state index contributed by atoms with van der Waals surface area (Å²) < 4.78 is 11.5. The minimum atomic E-state index is -0.819. The zero-order valence-corrected chi connectivity index (χ0v) is 20.1. The van der Waals surface area contributed by atoms with Crippen LogP contribution in [0.25, 0.3) is 6.08 Å². The highest BCUT2D eigenvalue weighted by atomic mass is 16.6. The van der Waals surface area contributed by atoms with Crippen molar-refractivity contribution >= 4 is 35.3 Å². The fraction of sp³-hybridized carbons (Fsp3) is 0.148. The Morgan fingerprint density at radius 2 is 1.65 bits per heavy atom. The molecule has 1 aliphatic heterocycles. The number of nitrogens with one attached hydrogen (secondary N) is 1. The number of urea groups is 1. The van der Waals surface area contributed by atoms with Gasteiger partial charge in [-0.2, -0.15) is 0 Å². The van der Waals surface area contributed by atoms with Gasteiger partial charge in [0.2, 0.25) is 0 Å². The van der Waals surface area contributed by atoms with Crippen molar-refractivity contribution in [3.63, 3.8) is 0 Å². The van der Waals surface area contributed by atoms with Gasteiger partial charge in [-0.3, -0.25) is 25.0 Å². The first kappa shape index (κ1) is 25.1. The Balaban J connectivity index is 1.57. The minimum Gasteiger partial charge on any atom is -0.490 e. The van der Waals surface area contributed by atoms with E-state index in [1.165, 1.54) is 18.2 Å². The molecule has 0 unspecified atom stereocenters. The summed E-state index contributed by atoms with van der Waals surface area (Å²) in [6.07, 6.45) is 1.38. The Morgan fingerprint density at radius 1 is 0.946 bits per heavy atom. The van der Waals surface area contributed by atoms with Gasteiger partial charge >= 0.3 is 6.03 Å². The summed E-state index contributed by atoms with van der Waals surface area (Å²) in [5.41, 5.74) is 2.30. The normalized spacial score (nSPS) is 14.5. The van der Waals surface area contributed by atoms with Gasteiger partial charge in [0, 0.05) is 12.1 Å². The number of rotatable bonds is 8. The number of nitro benzene ring substituents is 1. The van der Waals surface area contributed by atoms with Crippen LogP contribution in [-0.2, 0) is 16.2 Å². The molecule has 4 rings (SSSR count). The second-order valence-corrected chi connectivity index (χ2v) is 8.14. The number of hydrogen-bond acceptors (Lipinski definition) is 7. The zero-order chi connectivity index (χ0) is 26.5. The van der Waals surface area contributed by atoms with Gasteiger partial charge in [0.25, 0.3) is 17.5 Å². The van der Waals surface area contributed by atoms with Gasteiger partial charge in [-0.15, -0.1) is 0 Å². The Labute approximate surface area is 212 Å². The highest BCUT2D eigenvalue weighted by Gasteiger charge is 2.36. The summed E-state index contributed by atoms with van der Waals surface area (Å²) in [4.78, 5) is 49.3. The van der Waals surface area contributed by atoms with Gasteiger partial charge in [-0.25, -0.2) is 9.69 Å². The van der Waals surface area contributed by atoms with Crippen LogP contribution in [0.15, 0.2) is 72.3 Å². The lowest BCUT2D eigenvalue weighted by atomic mass is 10.1. The average molecular weight is 501 g/mol. The average Bonchev–Trinajstić information content (AvgIpc) is 2.87. The number of non-ortho nitro benzene ring substituents is 1. The van der Waals surface area contributed by atoms with Gasteiger partial charge in [0.1, 0.15) is 12.2 Å². The molecule has 1 N–H and O–H groups in total. The topological polar surface area (TPSA) is 128 Å². The molecule has 10 nitrogen and oxygen atoms in total. The first-order chi connectivity index (χ1) is 17.8. The molecule has 3 aromatic rings. The van der Waals surface area contributed by atoms with Crippen LogP contribution in [0, 0.1) is 17.0 Å². The molecule has 0 spiro atoms. The first-order valence-corrected chi connectivity index (χ1v) is 11.4. The van der Waals surface area contributed by atoms with E-state index < -0.39 is 22.8 Å². The predicted molar refractivity (Wildman–Crippen MR) is 135 cm³/mol. The maximum absolute atomic E-state index is 13.1. The SMILES string of the molecule is CCOc1cc(/C=C2\C(=O)NC(=O)N(c3ccc(C)cc3)C2=O)ccc1OCc1ccc([N+](=O)[O-])cc1. The highest BCUT2D eigenvalue weighted by molar-refractivity contribution is 6.39. The molecule has 0 atom stereocenters. The highest BCUT2D eigenvalue weighted by Crippen LogP contribution is 2.31. The third kappa shape index (κ3) is 5.64. The van der Waals surface area contributed by atoms with E-state index in [9.17, 15) is 24.5 Å². The van der Waals surface area contributed by atoms with Crippen LogP contribution in [0.5, 0.6) is 11.5 Å². The van der Waals surface area contributed by atoms with Crippen LogP contribution in [0.2, 0.25) is 0 Å². The van der Waals surface area contributed by atoms with Crippen molar-refractivity contribution in [2.75, 3.05) is 11.5 Å². The Bertz CT molecular complexity index is 1400. The van der Waals surface area contributed by atoms with Crippen molar-refractivity contribution < 1.29 is 28.8 Å². The molecular weight excluding hydrogens is 478 g/mol. The number of imide groups is 2. The summed E-state index contributed by atoms with van der Waals surface area (Å²) in [7, 11) is 0. The van der Waals surface area contributed by atoms with Crippen LogP contribution >= 0.6 is 0 Å². The van der Waals surface area contributed by atoms with Gasteiger partial charge in [0.05, 0.1) is 17.2 Å². The van der Waals surface area contributed by atoms with E-state index in [0.29, 0.717) is 29.4 Å². The third-order valence-corrected chi connectivity index (χ3v) is 5.51. The van der Waals surface area contributed by atoms with E-state index in [2.05, 4.69) is 5.32 Å². The van der Waals surface area contributed by atoms with Crippen LogP contribution < -0.4 is 19.7 Å². The van der Waals surface area contributed by atoms with Gasteiger partial charge in [-0.05, 0) is 67.4 Å². The number of amides is 4. The van der Waals surface area contributed by atoms with E-state index in [-0.39, 0.29) is 17.9 Å². The molecule has 1 fully saturated rings. The molecule has 188 valence electrons. The number of aryl methyl sites for hydroxylation is 1. The number of hydrogen-bond donors (Lipinski definition) is 1. The molecule has 0 saturated carbocycles.